The summed E-state index contributed by atoms with van der Waals surface area (Å²) in [6.07, 6.45) is 0. The minimum absolute atomic E-state index is 0.197. The molecule has 2 rings (SSSR count). The van der Waals surface area contributed by atoms with Crippen LogP contribution in [-0.2, 0) is 5.54 Å². The summed E-state index contributed by atoms with van der Waals surface area (Å²) < 4.78 is 0.655. The van der Waals surface area contributed by atoms with Crippen LogP contribution in [0, 0.1) is 0 Å². The van der Waals surface area contributed by atoms with Crippen LogP contribution in [0.15, 0.2) is 53.0 Å². The Labute approximate surface area is 137 Å². The normalized spacial score (nSPS) is 13.5. The monoisotopic (exact) mass is 367 g/mol. The van der Waals surface area contributed by atoms with Gasteiger partial charge in [0.25, 0.3) is 5.91 Å². The van der Waals surface area contributed by atoms with Crippen molar-refractivity contribution in [3.8, 4) is 0 Å². The molecule has 5 heteroatoms. The van der Waals surface area contributed by atoms with Gasteiger partial charge in [0.15, 0.2) is 0 Å². The fourth-order valence-electron chi connectivity index (χ4n) is 1.97. The van der Waals surface area contributed by atoms with E-state index in [1.165, 1.54) is 0 Å². The molecule has 1 atom stereocenters. The zero-order valence-electron chi connectivity index (χ0n) is 11.4. The topological polar surface area (TPSA) is 49.3 Å². The molecule has 0 heterocycles. The lowest BCUT2D eigenvalue weighted by Gasteiger charge is -2.29. The van der Waals surface area contributed by atoms with E-state index in [0.717, 1.165) is 5.56 Å². The van der Waals surface area contributed by atoms with E-state index in [4.69, 9.17) is 11.6 Å². The van der Waals surface area contributed by atoms with E-state index in [1.807, 2.05) is 30.3 Å². The summed E-state index contributed by atoms with van der Waals surface area (Å²) in [7, 11) is 0. The highest BCUT2D eigenvalue weighted by atomic mass is 79.9. The number of hydrogen-bond acceptors (Lipinski definition) is 2. The average Bonchev–Trinajstić information content (AvgIpc) is 2.50. The summed E-state index contributed by atoms with van der Waals surface area (Å²) in [4.78, 5) is 12.4. The Bertz CT molecular complexity index is 648. The molecule has 2 aromatic carbocycles. The fraction of sp³-hybridized carbons (Fsp3) is 0.188. The van der Waals surface area contributed by atoms with E-state index in [0.29, 0.717) is 15.1 Å². The third-order valence-electron chi connectivity index (χ3n) is 3.30. The van der Waals surface area contributed by atoms with Gasteiger partial charge in [0.05, 0.1) is 17.2 Å². The Hall–Kier alpha value is -1.36. The van der Waals surface area contributed by atoms with Gasteiger partial charge in [-0.1, -0.05) is 41.9 Å². The molecular weight excluding hydrogens is 354 g/mol. The quantitative estimate of drug-likeness (QED) is 0.863. The van der Waals surface area contributed by atoms with E-state index in [-0.39, 0.29) is 12.5 Å². The van der Waals surface area contributed by atoms with Crippen LogP contribution in [0.3, 0.4) is 0 Å². The second-order valence-corrected chi connectivity index (χ2v) is 6.20. The van der Waals surface area contributed by atoms with Gasteiger partial charge >= 0.3 is 0 Å². The van der Waals surface area contributed by atoms with Crippen molar-refractivity contribution in [1.29, 1.82) is 0 Å². The molecule has 1 unspecified atom stereocenters. The molecule has 3 nitrogen and oxygen atoms in total. The minimum Gasteiger partial charge on any atom is -0.394 e. The predicted molar refractivity (Wildman–Crippen MR) is 87.5 cm³/mol. The summed E-state index contributed by atoms with van der Waals surface area (Å²) in [5, 5.41) is 13.1. The van der Waals surface area contributed by atoms with Crippen molar-refractivity contribution in [3.05, 3.63) is 69.2 Å². The molecule has 0 aliphatic carbocycles. The summed E-state index contributed by atoms with van der Waals surface area (Å²) in [5.74, 6) is -0.271. The second-order valence-electron chi connectivity index (χ2n) is 4.94. The maximum atomic E-state index is 12.4. The van der Waals surface area contributed by atoms with Crippen LogP contribution in [0.4, 0.5) is 0 Å². The first-order valence-electron chi connectivity index (χ1n) is 6.40. The number of nitrogens with one attached hydrogen (secondary N) is 1. The lowest BCUT2D eigenvalue weighted by Crippen LogP contribution is -2.46. The largest absolute Gasteiger partial charge is 0.394 e. The zero-order valence-corrected chi connectivity index (χ0v) is 13.8. The molecule has 0 saturated heterocycles. The highest BCUT2D eigenvalue weighted by Crippen LogP contribution is 2.25. The van der Waals surface area contributed by atoms with E-state index in [2.05, 4.69) is 21.2 Å². The highest BCUT2D eigenvalue weighted by Gasteiger charge is 2.28. The molecule has 0 aromatic heterocycles. The Balaban J connectivity index is 2.26. The van der Waals surface area contributed by atoms with Crippen LogP contribution in [-0.4, -0.2) is 17.6 Å². The summed E-state index contributed by atoms with van der Waals surface area (Å²) >= 11 is 9.22. The third kappa shape index (κ3) is 3.64. The average molecular weight is 369 g/mol. The van der Waals surface area contributed by atoms with Gasteiger partial charge in [-0.15, -0.1) is 0 Å². The standard InChI is InChI=1S/C16H15BrClNO2/c1-16(10-20,12-5-3-2-4-6-12)19-15(21)11-7-8-14(18)13(17)9-11/h2-9,20H,10H2,1H3,(H,19,21). The van der Waals surface area contributed by atoms with Crippen molar-refractivity contribution in [2.45, 2.75) is 12.5 Å². The van der Waals surface area contributed by atoms with Crippen LogP contribution < -0.4 is 5.32 Å². The van der Waals surface area contributed by atoms with Crippen LogP contribution in [0.1, 0.15) is 22.8 Å². The van der Waals surface area contributed by atoms with E-state index in [1.54, 1.807) is 25.1 Å². The smallest absolute Gasteiger partial charge is 0.252 e. The second kappa shape index (κ2) is 6.60. The molecule has 2 aromatic rings. The molecule has 2 N–H and O–H groups in total. The lowest BCUT2D eigenvalue weighted by molar-refractivity contribution is 0.0849. The molecule has 0 saturated carbocycles. The molecule has 21 heavy (non-hydrogen) atoms. The number of hydrogen-bond donors (Lipinski definition) is 2. The zero-order chi connectivity index (χ0) is 15.5. The van der Waals surface area contributed by atoms with Gasteiger partial charge in [-0.05, 0) is 46.6 Å². The molecule has 0 fully saturated rings. The van der Waals surface area contributed by atoms with Crippen LogP contribution in [0.5, 0.6) is 0 Å². The van der Waals surface area contributed by atoms with E-state index >= 15 is 0 Å². The van der Waals surface area contributed by atoms with Crippen molar-refractivity contribution in [2.75, 3.05) is 6.61 Å². The molecule has 110 valence electrons. The van der Waals surface area contributed by atoms with Gasteiger partial charge in [0.2, 0.25) is 0 Å². The SMILES string of the molecule is CC(CO)(NC(=O)c1ccc(Cl)c(Br)c1)c1ccccc1. The maximum Gasteiger partial charge on any atom is 0.252 e. The Morgan fingerprint density at radius 1 is 1.29 bits per heavy atom. The first-order chi connectivity index (χ1) is 9.96. The Morgan fingerprint density at radius 2 is 1.95 bits per heavy atom. The number of aliphatic hydroxyl groups excluding tert-OH is 1. The summed E-state index contributed by atoms with van der Waals surface area (Å²) in [6.45, 7) is 1.59. The Morgan fingerprint density at radius 3 is 2.52 bits per heavy atom. The van der Waals surface area contributed by atoms with Gasteiger partial charge in [0.1, 0.15) is 0 Å². The fourth-order valence-corrected chi connectivity index (χ4v) is 2.47. The first-order valence-corrected chi connectivity index (χ1v) is 7.57. The number of amides is 1. The van der Waals surface area contributed by atoms with Gasteiger partial charge in [-0.3, -0.25) is 4.79 Å². The molecule has 0 radical (unpaired) electrons. The van der Waals surface area contributed by atoms with E-state index in [9.17, 15) is 9.90 Å². The number of carbonyl (C=O) groups excluding carboxylic acids is 1. The van der Waals surface area contributed by atoms with Crippen LogP contribution in [0.25, 0.3) is 0 Å². The molecule has 0 aliphatic rings. The van der Waals surface area contributed by atoms with Gasteiger partial charge in [-0.25, -0.2) is 0 Å². The lowest BCUT2D eigenvalue weighted by atomic mass is 9.92. The van der Waals surface area contributed by atoms with E-state index < -0.39 is 5.54 Å². The van der Waals surface area contributed by atoms with Gasteiger partial charge < -0.3 is 10.4 Å². The first kappa shape index (κ1) is 16.0. The van der Waals surface area contributed by atoms with Crippen molar-refractivity contribution in [2.24, 2.45) is 0 Å². The number of benzene rings is 2. The Kier molecular flexibility index (Phi) is 5.04. The molecule has 0 aliphatic heterocycles. The van der Waals surface area contributed by atoms with Gasteiger partial charge in [-0.2, -0.15) is 0 Å². The summed E-state index contributed by atoms with van der Waals surface area (Å²) in [5.41, 5.74) is 0.473. The van der Waals surface area contributed by atoms with Gasteiger partial charge in [0, 0.05) is 10.0 Å². The predicted octanol–water partition coefficient (Wildman–Crippen LogP) is 3.74. The number of aliphatic hydroxyl groups is 1. The minimum atomic E-state index is -0.843. The van der Waals surface area contributed by atoms with Crippen LogP contribution in [0.2, 0.25) is 5.02 Å². The number of carbonyl (C=O) groups is 1. The molecular formula is C16H15BrClNO2. The molecule has 1 amide bonds. The third-order valence-corrected chi connectivity index (χ3v) is 4.51. The van der Waals surface area contributed by atoms with Crippen molar-refractivity contribution < 1.29 is 9.90 Å². The highest BCUT2D eigenvalue weighted by molar-refractivity contribution is 9.10. The van der Waals surface area contributed by atoms with Crippen molar-refractivity contribution >= 4 is 33.4 Å². The molecule has 0 bridgehead atoms. The maximum absolute atomic E-state index is 12.4. The van der Waals surface area contributed by atoms with Crippen LogP contribution >= 0.6 is 27.5 Å². The van der Waals surface area contributed by atoms with Crippen molar-refractivity contribution in [3.63, 3.8) is 0 Å². The molecule has 0 spiro atoms. The van der Waals surface area contributed by atoms with Crippen molar-refractivity contribution in [1.82, 2.24) is 5.32 Å². The number of rotatable bonds is 4. The number of halogens is 2. The summed E-state index contributed by atoms with van der Waals surface area (Å²) in [6, 6.07) is 14.3.